The number of carbonyl (C=O) groups is 1. The predicted molar refractivity (Wildman–Crippen MR) is 104 cm³/mol. The second-order valence-corrected chi connectivity index (χ2v) is 6.51. The summed E-state index contributed by atoms with van der Waals surface area (Å²) in [6, 6.07) is 10.8. The van der Waals surface area contributed by atoms with E-state index in [-0.39, 0.29) is 5.56 Å². The van der Waals surface area contributed by atoms with Gasteiger partial charge < -0.3 is 20.6 Å². The monoisotopic (exact) mass is 372 g/mol. The highest BCUT2D eigenvalue weighted by Crippen LogP contribution is 2.37. The number of methoxy groups -OCH3 is 1. The summed E-state index contributed by atoms with van der Waals surface area (Å²) in [6.07, 6.45) is 2.47. The molecule has 0 saturated carbocycles. The van der Waals surface area contributed by atoms with E-state index in [2.05, 4.69) is 4.98 Å². The van der Waals surface area contributed by atoms with Crippen molar-refractivity contribution in [2.75, 3.05) is 13.7 Å². The molecule has 1 aromatic heterocycles. The SMILES string of the molecule is COc1ccc(-c2[nH]c3c(Cl)ccc(C(=O)O)c3c2CCCCN)cc1. The third-order valence-corrected chi connectivity index (χ3v) is 4.81. The number of fused-ring (bicyclic) bond motifs is 1. The molecule has 136 valence electrons. The molecule has 0 aliphatic carbocycles. The van der Waals surface area contributed by atoms with Crippen LogP contribution in [0.3, 0.4) is 0 Å². The molecule has 3 aromatic rings. The average molecular weight is 373 g/mol. The molecular weight excluding hydrogens is 352 g/mol. The van der Waals surface area contributed by atoms with E-state index in [1.165, 1.54) is 0 Å². The first-order valence-corrected chi connectivity index (χ1v) is 8.85. The number of hydrogen-bond acceptors (Lipinski definition) is 3. The van der Waals surface area contributed by atoms with Crippen LogP contribution in [0.5, 0.6) is 5.75 Å². The fourth-order valence-electron chi connectivity index (χ4n) is 3.22. The molecule has 0 fully saturated rings. The Kier molecular flexibility index (Phi) is 5.49. The number of nitrogens with two attached hydrogens (primary N) is 1. The minimum absolute atomic E-state index is 0.253. The number of aromatic carboxylic acids is 1. The Morgan fingerprint density at radius 3 is 2.54 bits per heavy atom. The number of carboxylic acid groups (broad SMARTS) is 1. The van der Waals surface area contributed by atoms with Crippen molar-refractivity contribution in [3.63, 3.8) is 0 Å². The van der Waals surface area contributed by atoms with Gasteiger partial charge in [0, 0.05) is 11.1 Å². The molecular formula is C20H21ClN2O3. The molecule has 4 N–H and O–H groups in total. The Morgan fingerprint density at radius 2 is 1.92 bits per heavy atom. The Labute approximate surface area is 156 Å². The number of aromatic amines is 1. The molecule has 0 aliphatic rings. The number of aryl methyl sites for hydroxylation is 1. The lowest BCUT2D eigenvalue weighted by atomic mass is 9.97. The molecule has 6 heteroatoms. The van der Waals surface area contributed by atoms with E-state index in [1.807, 2.05) is 24.3 Å². The quantitative estimate of drug-likeness (QED) is 0.533. The van der Waals surface area contributed by atoms with Crippen molar-refractivity contribution in [3.05, 3.63) is 52.5 Å². The van der Waals surface area contributed by atoms with Crippen molar-refractivity contribution in [2.45, 2.75) is 19.3 Å². The summed E-state index contributed by atoms with van der Waals surface area (Å²) < 4.78 is 5.22. The first kappa shape index (κ1) is 18.3. The summed E-state index contributed by atoms with van der Waals surface area (Å²) in [5.74, 6) is -0.203. The van der Waals surface area contributed by atoms with Gasteiger partial charge in [0.2, 0.25) is 0 Å². The van der Waals surface area contributed by atoms with Crippen molar-refractivity contribution >= 4 is 28.5 Å². The van der Waals surface area contributed by atoms with Crippen LogP contribution in [-0.2, 0) is 6.42 Å². The van der Waals surface area contributed by atoms with Crippen molar-refractivity contribution in [3.8, 4) is 17.0 Å². The van der Waals surface area contributed by atoms with Gasteiger partial charge >= 0.3 is 5.97 Å². The molecule has 0 radical (unpaired) electrons. The van der Waals surface area contributed by atoms with Crippen molar-refractivity contribution in [1.29, 1.82) is 0 Å². The minimum Gasteiger partial charge on any atom is -0.497 e. The zero-order valence-corrected chi connectivity index (χ0v) is 15.3. The van der Waals surface area contributed by atoms with Crippen molar-refractivity contribution in [1.82, 2.24) is 4.98 Å². The standard InChI is InChI=1S/C20H21ClN2O3/c1-26-13-7-5-12(6-8-13)18-14(4-2-3-11-22)17-15(20(24)25)9-10-16(21)19(17)23-18/h5-10,23H,2-4,11,22H2,1H3,(H,24,25). The molecule has 5 nitrogen and oxygen atoms in total. The summed E-state index contributed by atoms with van der Waals surface area (Å²) in [7, 11) is 1.62. The molecule has 0 atom stereocenters. The second kappa shape index (κ2) is 7.81. The molecule has 0 bridgehead atoms. The maximum atomic E-state index is 11.7. The third-order valence-electron chi connectivity index (χ3n) is 4.50. The molecule has 2 aromatic carbocycles. The summed E-state index contributed by atoms with van der Waals surface area (Å²) in [5.41, 5.74) is 9.33. The van der Waals surface area contributed by atoms with E-state index in [9.17, 15) is 9.90 Å². The van der Waals surface area contributed by atoms with E-state index in [4.69, 9.17) is 22.1 Å². The predicted octanol–water partition coefficient (Wildman–Crippen LogP) is 4.48. The molecule has 26 heavy (non-hydrogen) atoms. The van der Waals surface area contributed by atoms with Gasteiger partial charge in [0.05, 0.1) is 23.2 Å². The van der Waals surface area contributed by atoms with Gasteiger partial charge in [0.15, 0.2) is 0 Å². The molecule has 0 saturated heterocycles. The molecule has 0 aliphatic heterocycles. The number of nitrogens with one attached hydrogen (secondary N) is 1. The van der Waals surface area contributed by atoms with Crippen LogP contribution < -0.4 is 10.5 Å². The molecule has 1 heterocycles. The fourth-order valence-corrected chi connectivity index (χ4v) is 3.42. The zero-order valence-electron chi connectivity index (χ0n) is 14.5. The lowest BCUT2D eigenvalue weighted by Gasteiger charge is -2.07. The maximum absolute atomic E-state index is 11.7. The van der Waals surface area contributed by atoms with Crippen LogP contribution in [0.1, 0.15) is 28.8 Å². The first-order chi connectivity index (χ1) is 12.6. The number of hydrogen-bond donors (Lipinski definition) is 3. The smallest absolute Gasteiger partial charge is 0.336 e. The Bertz CT molecular complexity index is 932. The number of unbranched alkanes of at least 4 members (excludes halogenated alkanes) is 1. The number of ether oxygens (including phenoxy) is 1. The maximum Gasteiger partial charge on any atom is 0.336 e. The van der Waals surface area contributed by atoms with Crippen molar-refractivity contribution in [2.24, 2.45) is 5.73 Å². The van der Waals surface area contributed by atoms with Gasteiger partial charge in [-0.25, -0.2) is 4.79 Å². The second-order valence-electron chi connectivity index (χ2n) is 6.10. The van der Waals surface area contributed by atoms with Crippen LogP contribution in [0.4, 0.5) is 0 Å². The number of halogens is 1. The third kappa shape index (κ3) is 3.41. The number of rotatable bonds is 7. The summed E-state index contributed by atoms with van der Waals surface area (Å²) >= 11 is 6.35. The van der Waals surface area contributed by atoms with E-state index < -0.39 is 5.97 Å². The van der Waals surface area contributed by atoms with Crippen LogP contribution >= 0.6 is 11.6 Å². The Morgan fingerprint density at radius 1 is 1.19 bits per heavy atom. The van der Waals surface area contributed by atoms with E-state index in [0.717, 1.165) is 41.8 Å². The molecule has 0 unspecified atom stereocenters. The van der Waals surface area contributed by atoms with Gasteiger partial charge in [-0.15, -0.1) is 0 Å². The van der Waals surface area contributed by atoms with Gasteiger partial charge in [-0.3, -0.25) is 0 Å². The van der Waals surface area contributed by atoms with Crippen LogP contribution in [0.2, 0.25) is 5.02 Å². The van der Waals surface area contributed by atoms with Gasteiger partial charge in [-0.1, -0.05) is 11.6 Å². The summed E-state index contributed by atoms with van der Waals surface area (Å²) in [5, 5.41) is 10.8. The summed E-state index contributed by atoms with van der Waals surface area (Å²) in [4.78, 5) is 15.1. The van der Waals surface area contributed by atoms with Crippen LogP contribution in [-0.4, -0.2) is 29.7 Å². The molecule has 0 spiro atoms. The summed E-state index contributed by atoms with van der Waals surface area (Å²) in [6.45, 7) is 0.604. The number of aromatic nitrogens is 1. The molecule has 0 amide bonds. The van der Waals surface area contributed by atoms with Gasteiger partial charge in [-0.05, 0) is 73.3 Å². The number of benzene rings is 2. The number of H-pyrrole nitrogens is 1. The average Bonchev–Trinajstić information content (AvgIpc) is 3.02. The highest BCUT2D eigenvalue weighted by molar-refractivity contribution is 6.36. The highest BCUT2D eigenvalue weighted by atomic mass is 35.5. The fraction of sp³-hybridized carbons (Fsp3) is 0.250. The Balaban J connectivity index is 2.23. The largest absolute Gasteiger partial charge is 0.497 e. The molecule has 3 rings (SSSR count). The van der Waals surface area contributed by atoms with Gasteiger partial charge in [0.1, 0.15) is 5.75 Å². The lowest BCUT2D eigenvalue weighted by Crippen LogP contribution is -2.01. The Hall–Kier alpha value is -2.50. The zero-order chi connectivity index (χ0) is 18.7. The van der Waals surface area contributed by atoms with Crippen molar-refractivity contribution < 1.29 is 14.6 Å². The lowest BCUT2D eigenvalue weighted by molar-refractivity contribution is 0.0699. The first-order valence-electron chi connectivity index (χ1n) is 8.47. The van der Waals surface area contributed by atoms with Gasteiger partial charge in [0.25, 0.3) is 0 Å². The van der Waals surface area contributed by atoms with Crippen LogP contribution in [0, 0.1) is 0 Å². The van der Waals surface area contributed by atoms with Crippen LogP contribution in [0.25, 0.3) is 22.2 Å². The van der Waals surface area contributed by atoms with E-state index in [1.54, 1.807) is 19.2 Å². The van der Waals surface area contributed by atoms with Crippen LogP contribution in [0.15, 0.2) is 36.4 Å². The topological polar surface area (TPSA) is 88.3 Å². The normalized spacial score (nSPS) is 11.0. The van der Waals surface area contributed by atoms with E-state index in [0.29, 0.717) is 22.5 Å². The van der Waals surface area contributed by atoms with Gasteiger partial charge in [-0.2, -0.15) is 0 Å². The number of carboxylic acids is 1. The highest BCUT2D eigenvalue weighted by Gasteiger charge is 2.20. The van der Waals surface area contributed by atoms with E-state index >= 15 is 0 Å². The minimum atomic E-state index is -0.966.